The van der Waals surface area contributed by atoms with Crippen molar-refractivity contribution in [1.29, 1.82) is 0 Å². The molecule has 1 fully saturated rings. The Hall–Kier alpha value is -1.81. The molecule has 0 radical (unpaired) electrons. The zero-order valence-electron chi connectivity index (χ0n) is 14.3. The molecule has 7 nitrogen and oxygen atoms in total. The quantitative estimate of drug-likeness (QED) is 0.801. The molecule has 2 aromatic rings. The van der Waals surface area contributed by atoms with Crippen LogP contribution in [0.2, 0.25) is 0 Å². The van der Waals surface area contributed by atoms with Crippen molar-refractivity contribution in [2.45, 2.75) is 36.1 Å². The van der Waals surface area contributed by atoms with Gasteiger partial charge in [-0.1, -0.05) is 6.07 Å². The van der Waals surface area contributed by atoms with E-state index in [1.807, 2.05) is 23.1 Å². The lowest BCUT2D eigenvalue weighted by atomic mass is 10.1. The molecular weight excluding hydrogens is 372 g/mol. The number of carbonyl (C=O) groups is 1. The highest BCUT2D eigenvalue weighted by Crippen LogP contribution is 2.24. The average Bonchev–Trinajstić information content (AvgIpc) is 2.98. The number of nitrogens with zero attached hydrogens (tertiary/aromatic N) is 2. The van der Waals surface area contributed by atoms with E-state index in [4.69, 9.17) is 5.14 Å². The van der Waals surface area contributed by atoms with Crippen molar-refractivity contribution in [2.75, 3.05) is 13.1 Å². The molecule has 1 aliphatic heterocycles. The lowest BCUT2D eigenvalue weighted by Crippen LogP contribution is -2.40. The van der Waals surface area contributed by atoms with Gasteiger partial charge in [-0.15, -0.1) is 11.3 Å². The summed E-state index contributed by atoms with van der Waals surface area (Å²) in [7, 11) is -3.81. The van der Waals surface area contributed by atoms with Crippen LogP contribution in [0, 0.1) is 0 Å². The van der Waals surface area contributed by atoms with E-state index in [-0.39, 0.29) is 16.2 Å². The van der Waals surface area contributed by atoms with Crippen LogP contribution in [0.25, 0.3) is 0 Å². The van der Waals surface area contributed by atoms with E-state index < -0.39 is 10.0 Å². The zero-order valence-corrected chi connectivity index (χ0v) is 15.9. The van der Waals surface area contributed by atoms with Gasteiger partial charge in [0.05, 0.1) is 17.8 Å². The van der Waals surface area contributed by atoms with Crippen molar-refractivity contribution in [3.63, 3.8) is 0 Å². The summed E-state index contributed by atoms with van der Waals surface area (Å²) in [5, 5.41) is 10.1. The fourth-order valence-corrected chi connectivity index (χ4v) is 4.67. The maximum Gasteiger partial charge on any atom is 0.255 e. The average molecular weight is 395 g/mol. The molecule has 3 N–H and O–H groups in total. The van der Waals surface area contributed by atoms with Gasteiger partial charge in [0.15, 0.2) is 0 Å². The molecule has 0 bridgehead atoms. The first-order valence-corrected chi connectivity index (χ1v) is 10.9. The Morgan fingerprint density at radius 3 is 2.88 bits per heavy atom. The van der Waals surface area contributed by atoms with Crippen LogP contribution >= 0.6 is 11.3 Å². The highest BCUT2D eigenvalue weighted by molar-refractivity contribution is 7.91. The molecule has 1 unspecified atom stereocenters. The molecule has 0 aliphatic carbocycles. The van der Waals surface area contributed by atoms with Gasteiger partial charge in [-0.25, -0.2) is 13.6 Å². The molecule has 0 aromatic carbocycles. The minimum absolute atomic E-state index is 0.00108. The van der Waals surface area contributed by atoms with Crippen molar-refractivity contribution in [3.05, 3.63) is 47.1 Å². The predicted octanol–water partition coefficient (Wildman–Crippen LogP) is 1.57. The summed E-state index contributed by atoms with van der Waals surface area (Å²) < 4.78 is 23.0. The number of rotatable bonds is 5. The van der Waals surface area contributed by atoms with Crippen molar-refractivity contribution in [3.8, 4) is 0 Å². The monoisotopic (exact) mass is 394 g/mol. The third-order valence-corrected chi connectivity index (χ3v) is 6.79. The molecule has 1 aliphatic rings. The summed E-state index contributed by atoms with van der Waals surface area (Å²) in [5.74, 6) is -0.186. The van der Waals surface area contributed by atoms with E-state index >= 15 is 0 Å². The predicted molar refractivity (Wildman–Crippen MR) is 100 cm³/mol. The number of thiophene rings is 1. The largest absolute Gasteiger partial charge is 0.330 e. The van der Waals surface area contributed by atoms with Crippen LogP contribution in [0.4, 0.5) is 0 Å². The minimum atomic E-state index is -3.81. The van der Waals surface area contributed by atoms with Crippen LogP contribution in [0.15, 0.2) is 40.1 Å². The van der Waals surface area contributed by atoms with Crippen LogP contribution in [0.5, 0.6) is 0 Å². The van der Waals surface area contributed by atoms with Gasteiger partial charge in [-0.2, -0.15) is 0 Å². The van der Waals surface area contributed by atoms with Gasteiger partial charge in [0.2, 0.25) is 10.0 Å². The molecule has 1 atom stereocenters. The van der Waals surface area contributed by atoms with Gasteiger partial charge < -0.3 is 10.2 Å². The number of nitrogens with one attached hydrogen (secondary N) is 1. The van der Waals surface area contributed by atoms with Gasteiger partial charge in [0, 0.05) is 17.6 Å². The van der Waals surface area contributed by atoms with Crippen LogP contribution in [0.1, 0.15) is 35.3 Å². The van der Waals surface area contributed by atoms with E-state index in [9.17, 15) is 13.2 Å². The smallest absolute Gasteiger partial charge is 0.255 e. The Kier molecular flexibility index (Phi) is 6.02. The first kappa shape index (κ1) is 19.0. The van der Waals surface area contributed by atoms with Crippen molar-refractivity contribution in [2.24, 2.45) is 5.14 Å². The number of aromatic nitrogens is 1. The van der Waals surface area contributed by atoms with Gasteiger partial charge in [-0.05, 0) is 50.6 Å². The van der Waals surface area contributed by atoms with Crippen LogP contribution < -0.4 is 10.5 Å². The van der Waals surface area contributed by atoms with E-state index in [2.05, 4.69) is 10.3 Å². The number of carbonyl (C=O) groups excluding carboxylic acids is 1. The second-order valence-electron chi connectivity index (χ2n) is 6.29. The zero-order chi connectivity index (χ0) is 18.6. The van der Waals surface area contributed by atoms with E-state index in [0.717, 1.165) is 49.4 Å². The summed E-state index contributed by atoms with van der Waals surface area (Å²) >= 11 is 0.971. The molecule has 0 saturated carbocycles. The highest BCUT2D eigenvalue weighted by atomic mass is 32.2. The number of amides is 1. The molecule has 0 spiro atoms. The number of primary sulfonamides is 1. The molecule has 9 heteroatoms. The number of hydrogen-bond donors (Lipinski definition) is 2. The summed E-state index contributed by atoms with van der Waals surface area (Å²) in [5.41, 5.74) is 1.16. The maximum atomic E-state index is 13.1. The van der Waals surface area contributed by atoms with Crippen LogP contribution in [-0.2, 0) is 16.6 Å². The van der Waals surface area contributed by atoms with Crippen LogP contribution in [-0.4, -0.2) is 43.3 Å². The Bertz CT molecular complexity index is 844. The SMILES string of the molecule is NS(=O)(=O)c1cc(C(=O)N(Cc2ccccn2)C2CCCNCC2)cs1. The molecule has 3 rings (SSSR count). The fraction of sp³-hybridized carbons (Fsp3) is 0.412. The molecule has 140 valence electrons. The van der Waals surface area contributed by atoms with Gasteiger partial charge >= 0.3 is 0 Å². The first-order valence-electron chi connectivity index (χ1n) is 8.48. The van der Waals surface area contributed by atoms with E-state index in [1.165, 1.54) is 6.07 Å². The lowest BCUT2D eigenvalue weighted by molar-refractivity contribution is 0.0643. The number of sulfonamides is 1. The Morgan fingerprint density at radius 2 is 2.19 bits per heavy atom. The molecular formula is C17H22N4O3S2. The Morgan fingerprint density at radius 1 is 1.35 bits per heavy atom. The van der Waals surface area contributed by atoms with Crippen molar-refractivity contribution >= 4 is 27.3 Å². The number of pyridine rings is 1. The molecule has 2 aromatic heterocycles. The lowest BCUT2D eigenvalue weighted by Gasteiger charge is -2.30. The third-order valence-electron chi connectivity index (χ3n) is 4.41. The summed E-state index contributed by atoms with van der Waals surface area (Å²) in [6.07, 6.45) is 4.45. The highest BCUT2D eigenvalue weighted by Gasteiger charge is 2.27. The molecule has 26 heavy (non-hydrogen) atoms. The second kappa shape index (κ2) is 8.26. The molecule has 1 amide bonds. The van der Waals surface area contributed by atoms with E-state index in [0.29, 0.717) is 12.1 Å². The second-order valence-corrected chi connectivity index (χ2v) is 8.99. The standard InChI is InChI=1S/C17H22N4O3S2/c18-26(23,24)16-10-13(12-25-16)17(22)21(11-14-4-1-2-8-20-14)15-5-3-7-19-9-6-15/h1-2,4,8,10,12,15,19H,3,5-7,9,11H2,(H2,18,23,24). The Balaban J connectivity index is 1.88. The summed E-state index contributed by atoms with van der Waals surface area (Å²) in [6.45, 7) is 2.18. The van der Waals surface area contributed by atoms with Crippen molar-refractivity contribution < 1.29 is 13.2 Å². The summed E-state index contributed by atoms with van der Waals surface area (Å²) in [4.78, 5) is 19.3. The summed E-state index contributed by atoms with van der Waals surface area (Å²) in [6, 6.07) is 7.06. The normalized spacial score (nSPS) is 18.3. The maximum absolute atomic E-state index is 13.1. The van der Waals surface area contributed by atoms with Gasteiger partial charge in [-0.3, -0.25) is 9.78 Å². The number of hydrogen-bond acceptors (Lipinski definition) is 6. The molecule has 1 saturated heterocycles. The first-order chi connectivity index (χ1) is 12.4. The minimum Gasteiger partial charge on any atom is -0.330 e. The van der Waals surface area contributed by atoms with E-state index in [1.54, 1.807) is 11.6 Å². The fourth-order valence-electron chi connectivity index (χ4n) is 3.09. The molecule has 3 heterocycles. The van der Waals surface area contributed by atoms with Crippen molar-refractivity contribution in [1.82, 2.24) is 15.2 Å². The van der Waals surface area contributed by atoms with Crippen LogP contribution in [0.3, 0.4) is 0 Å². The Labute approximate surface area is 157 Å². The topological polar surface area (TPSA) is 105 Å². The third kappa shape index (κ3) is 4.67. The van der Waals surface area contributed by atoms with Gasteiger partial charge in [0.25, 0.3) is 5.91 Å². The van der Waals surface area contributed by atoms with Gasteiger partial charge in [0.1, 0.15) is 4.21 Å². The number of nitrogens with two attached hydrogens (primary N) is 1.